The molecule has 1 heterocycles. The smallest absolute Gasteiger partial charge is 0.251 e. The topological polar surface area (TPSA) is 87.3 Å². The first-order chi connectivity index (χ1) is 10.9. The fraction of sp³-hybridized carbons (Fsp3) is 0.562. The predicted molar refractivity (Wildman–Crippen MR) is 97.2 cm³/mol. The summed E-state index contributed by atoms with van der Waals surface area (Å²) in [5.74, 6) is 0.211. The Labute approximate surface area is 150 Å². The van der Waals surface area contributed by atoms with Crippen LogP contribution in [0.1, 0.15) is 35.7 Å². The maximum atomic E-state index is 12.4. The number of piperidine rings is 1. The number of carbonyl (C=O) groups excluding carboxylic acids is 1. The van der Waals surface area contributed by atoms with Crippen LogP contribution >= 0.6 is 12.4 Å². The van der Waals surface area contributed by atoms with E-state index in [1.54, 1.807) is 19.9 Å². The van der Waals surface area contributed by atoms with E-state index in [4.69, 9.17) is 0 Å². The summed E-state index contributed by atoms with van der Waals surface area (Å²) in [5.41, 5.74) is 1.17. The number of aryl methyl sites for hydroxylation is 1. The van der Waals surface area contributed by atoms with Gasteiger partial charge >= 0.3 is 0 Å². The molecule has 24 heavy (non-hydrogen) atoms. The molecule has 1 fully saturated rings. The van der Waals surface area contributed by atoms with Gasteiger partial charge in [0.15, 0.2) is 0 Å². The van der Waals surface area contributed by atoms with E-state index in [0.29, 0.717) is 24.6 Å². The quantitative estimate of drug-likeness (QED) is 0.702. The summed E-state index contributed by atoms with van der Waals surface area (Å²) < 4.78 is 26.6. The van der Waals surface area contributed by atoms with Crippen molar-refractivity contribution < 1.29 is 13.2 Å². The van der Waals surface area contributed by atoms with E-state index in [-0.39, 0.29) is 23.2 Å². The van der Waals surface area contributed by atoms with Gasteiger partial charge in [-0.3, -0.25) is 4.79 Å². The van der Waals surface area contributed by atoms with Crippen molar-refractivity contribution in [3.05, 3.63) is 29.3 Å². The minimum absolute atomic E-state index is 0. The van der Waals surface area contributed by atoms with E-state index in [0.717, 1.165) is 31.5 Å². The van der Waals surface area contributed by atoms with Crippen LogP contribution in [0, 0.1) is 12.8 Å². The van der Waals surface area contributed by atoms with Crippen molar-refractivity contribution in [2.24, 2.45) is 5.92 Å². The Hall–Kier alpha value is -1.15. The maximum absolute atomic E-state index is 12.4. The molecule has 0 aliphatic carbocycles. The average molecular weight is 376 g/mol. The van der Waals surface area contributed by atoms with Crippen LogP contribution in [-0.2, 0) is 10.0 Å². The van der Waals surface area contributed by atoms with Crippen LogP contribution in [0.15, 0.2) is 23.1 Å². The summed E-state index contributed by atoms with van der Waals surface area (Å²) >= 11 is 0. The molecule has 1 aliphatic rings. The van der Waals surface area contributed by atoms with Crippen LogP contribution in [0.3, 0.4) is 0 Å². The largest absolute Gasteiger partial charge is 0.352 e. The Morgan fingerprint density at radius 1 is 1.38 bits per heavy atom. The second kappa shape index (κ2) is 9.36. The maximum Gasteiger partial charge on any atom is 0.251 e. The minimum Gasteiger partial charge on any atom is -0.352 e. The van der Waals surface area contributed by atoms with Gasteiger partial charge in [-0.1, -0.05) is 13.0 Å². The van der Waals surface area contributed by atoms with Crippen LogP contribution < -0.4 is 15.4 Å². The first kappa shape index (κ1) is 20.9. The van der Waals surface area contributed by atoms with E-state index in [1.165, 1.54) is 12.1 Å². The van der Waals surface area contributed by atoms with Gasteiger partial charge in [-0.15, -0.1) is 12.4 Å². The molecule has 0 spiro atoms. The van der Waals surface area contributed by atoms with Gasteiger partial charge < -0.3 is 10.6 Å². The zero-order valence-electron chi connectivity index (χ0n) is 14.1. The highest BCUT2D eigenvalue weighted by atomic mass is 35.5. The third-order valence-corrected chi connectivity index (χ3v) is 5.59. The van der Waals surface area contributed by atoms with E-state index in [9.17, 15) is 13.2 Å². The van der Waals surface area contributed by atoms with Gasteiger partial charge in [0, 0.05) is 18.7 Å². The molecule has 8 heteroatoms. The molecule has 0 bridgehead atoms. The van der Waals surface area contributed by atoms with Crippen molar-refractivity contribution in [2.45, 2.75) is 31.6 Å². The highest BCUT2D eigenvalue weighted by Crippen LogP contribution is 2.16. The fourth-order valence-corrected chi connectivity index (χ4v) is 3.78. The van der Waals surface area contributed by atoms with Crippen LogP contribution in [-0.4, -0.2) is 40.5 Å². The van der Waals surface area contributed by atoms with E-state index in [2.05, 4.69) is 15.4 Å². The van der Waals surface area contributed by atoms with Gasteiger partial charge in [-0.2, -0.15) is 0 Å². The first-order valence-corrected chi connectivity index (χ1v) is 9.51. The lowest BCUT2D eigenvalue weighted by atomic mass is 9.99. The van der Waals surface area contributed by atoms with Gasteiger partial charge in [0.05, 0.1) is 4.90 Å². The molecule has 1 aromatic carbocycles. The van der Waals surface area contributed by atoms with E-state index in [1.807, 2.05) is 0 Å². The Balaban J connectivity index is 0.00000288. The molecule has 1 saturated heterocycles. The number of hydrogen-bond acceptors (Lipinski definition) is 4. The van der Waals surface area contributed by atoms with Crippen molar-refractivity contribution in [2.75, 3.05) is 26.2 Å². The van der Waals surface area contributed by atoms with Gasteiger partial charge in [0.25, 0.3) is 5.91 Å². The highest BCUT2D eigenvalue weighted by Gasteiger charge is 2.19. The molecule has 1 aliphatic heterocycles. The Kier molecular flexibility index (Phi) is 8.15. The molecule has 136 valence electrons. The van der Waals surface area contributed by atoms with E-state index < -0.39 is 10.0 Å². The average Bonchev–Trinajstić information content (AvgIpc) is 2.53. The fourth-order valence-electron chi connectivity index (χ4n) is 2.72. The van der Waals surface area contributed by atoms with Crippen molar-refractivity contribution in [1.29, 1.82) is 0 Å². The Bertz CT molecular complexity index is 659. The molecule has 1 aromatic rings. The van der Waals surface area contributed by atoms with Gasteiger partial charge in [0.1, 0.15) is 0 Å². The molecular formula is C16H26ClN3O3S. The number of halogens is 1. The van der Waals surface area contributed by atoms with Crippen molar-refractivity contribution in [3.8, 4) is 0 Å². The molecule has 2 rings (SSSR count). The van der Waals surface area contributed by atoms with Crippen molar-refractivity contribution in [3.63, 3.8) is 0 Å². The van der Waals surface area contributed by atoms with Crippen LogP contribution in [0.25, 0.3) is 0 Å². The number of rotatable bonds is 6. The summed E-state index contributed by atoms with van der Waals surface area (Å²) in [6.45, 7) is 6.39. The molecule has 1 unspecified atom stereocenters. The molecule has 0 radical (unpaired) electrons. The third kappa shape index (κ3) is 5.44. The summed E-state index contributed by atoms with van der Waals surface area (Å²) in [7, 11) is -3.56. The van der Waals surface area contributed by atoms with Crippen molar-refractivity contribution in [1.82, 2.24) is 15.4 Å². The zero-order chi connectivity index (χ0) is 16.9. The van der Waals surface area contributed by atoms with Crippen molar-refractivity contribution >= 4 is 28.3 Å². The Morgan fingerprint density at radius 2 is 2.12 bits per heavy atom. The monoisotopic (exact) mass is 375 g/mol. The zero-order valence-corrected chi connectivity index (χ0v) is 15.7. The lowest BCUT2D eigenvalue weighted by Crippen LogP contribution is -2.38. The van der Waals surface area contributed by atoms with Gasteiger partial charge in [-0.05, 0) is 56.5 Å². The van der Waals surface area contributed by atoms with Crippen LogP contribution in [0.4, 0.5) is 0 Å². The number of carbonyl (C=O) groups is 1. The second-order valence-corrected chi connectivity index (χ2v) is 7.67. The lowest BCUT2D eigenvalue weighted by Gasteiger charge is -2.23. The molecule has 6 nitrogen and oxygen atoms in total. The molecule has 1 amide bonds. The normalized spacial score (nSPS) is 17.8. The Morgan fingerprint density at radius 3 is 2.75 bits per heavy atom. The number of amides is 1. The summed E-state index contributed by atoms with van der Waals surface area (Å²) in [5, 5.41) is 6.24. The minimum atomic E-state index is -3.56. The van der Waals surface area contributed by atoms with Crippen LogP contribution in [0.2, 0.25) is 0 Å². The molecule has 3 N–H and O–H groups in total. The van der Waals surface area contributed by atoms with Gasteiger partial charge in [-0.25, -0.2) is 13.1 Å². The number of sulfonamides is 1. The number of benzene rings is 1. The highest BCUT2D eigenvalue weighted by molar-refractivity contribution is 7.89. The van der Waals surface area contributed by atoms with Crippen LogP contribution in [0.5, 0.6) is 0 Å². The second-order valence-electron chi connectivity index (χ2n) is 5.90. The van der Waals surface area contributed by atoms with Gasteiger partial charge in [0.2, 0.25) is 10.0 Å². The number of nitrogens with one attached hydrogen (secondary N) is 3. The van der Waals surface area contributed by atoms with E-state index >= 15 is 0 Å². The standard InChI is InChI=1S/C16H25N3O3S.ClH/c1-3-19-23(21,22)14-7-6-12(2)15(9-14)16(20)18-11-13-5-4-8-17-10-13;/h6-7,9,13,17,19H,3-5,8,10-11H2,1-2H3,(H,18,20);1H. The SMILES string of the molecule is CCNS(=O)(=O)c1ccc(C)c(C(=O)NCC2CCCNC2)c1.Cl. The summed E-state index contributed by atoms with van der Waals surface area (Å²) in [4.78, 5) is 12.5. The summed E-state index contributed by atoms with van der Waals surface area (Å²) in [6, 6.07) is 4.64. The molecular weight excluding hydrogens is 350 g/mol. The first-order valence-electron chi connectivity index (χ1n) is 8.03. The lowest BCUT2D eigenvalue weighted by molar-refractivity contribution is 0.0944. The third-order valence-electron chi connectivity index (χ3n) is 4.05. The number of hydrogen-bond donors (Lipinski definition) is 3. The predicted octanol–water partition coefficient (Wildman–Crippen LogP) is 1.44. The molecule has 1 atom stereocenters. The molecule has 0 saturated carbocycles. The molecule has 0 aromatic heterocycles. The summed E-state index contributed by atoms with van der Waals surface area (Å²) in [6.07, 6.45) is 2.22.